The Kier molecular flexibility index (Phi) is 4.60. The fourth-order valence-corrected chi connectivity index (χ4v) is 4.20. The number of nitrogens with zero attached hydrogens (tertiary/aromatic N) is 5. The van der Waals surface area contributed by atoms with Crippen molar-refractivity contribution in [2.24, 2.45) is 0 Å². The number of methoxy groups -OCH3 is 1. The van der Waals surface area contributed by atoms with Gasteiger partial charge in [0.2, 0.25) is 0 Å². The molecule has 1 saturated heterocycles. The van der Waals surface area contributed by atoms with Gasteiger partial charge in [0.1, 0.15) is 17.9 Å². The molecule has 0 radical (unpaired) electrons. The summed E-state index contributed by atoms with van der Waals surface area (Å²) in [6.45, 7) is 1.95. The summed E-state index contributed by atoms with van der Waals surface area (Å²) in [5.74, 6) is 3.13. The van der Waals surface area contributed by atoms with E-state index in [0.717, 1.165) is 48.6 Å². The lowest BCUT2D eigenvalue weighted by atomic mass is 9.89. The number of aromatic nitrogens is 4. The number of rotatable bonds is 4. The summed E-state index contributed by atoms with van der Waals surface area (Å²) in [4.78, 5) is 11.2. The number of anilines is 1. The lowest BCUT2D eigenvalue weighted by molar-refractivity contribution is 0.415. The van der Waals surface area contributed by atoms with Gasteiger partial charge >= 0.3 is 0 Å². The molecule has 6 heteroatoms. The maximum absolute atomic E-state index is 5.31. The van der Waals surface area contributed by atoms with Crippen LogP contribution in [-0.4, -0.2) is 39.8 Å². The lowest BCUT2D eigenvalue weighted by Gasteiger charge is -2.34. The van der Waals surface area contributed by atoms with Crippen LogP contribution in [0.4, 0.5) is 5.82 Å². The van der Waals surface area contributed by atoms with Gasteiger partial charge in [0.05, 0.1) is 7.11 Å². The van der Waals surface area contributed by atoms with Crippen molar-refractivity contribution in [2.45, 2.75) is 18.8 Å². The van der Waals surface area contributed by atoms with E-state index in [1.807, 2.05) is 22.8 Å². The maximum Gasteiger partial charge on any atom is 0.254 e. The van der Waals surface area contributed by atoms with Crippen molar-refractivity contribution in [1.82, 2.24) is 19.6 Å². The third-order valence-electron chi connectivity index (χ3n) is 5.75. The molecule has 1 fully saturated rings. The van der Waals surface area contributed by atoms with Crippen LogP contribution in [0.25, 0.3) is 16.9 Å². The Labute approximate surface area is 169 Å². The van der Waals surface area contributed by atoms with E-state index in [-0.39, 0.29) is 0 Å². The highest BCUT2D eigenvalue weighted by molar-refractivity contribution is 5.77. The SMILES string of the molecule is COc1ccc(-c2cnc3ncnn3c2N2CCC(c3ccccc3)CC2)cc1. The van der Waals surface area contributed by atoms with Crippen LogP contribution in [0.1, 0.15) is 24.3 Å². The predicted octanol–water partition coefficient (Wildman–Crippen LogP) is 4.18. The van der Waals surface area contributed by atoms with Crippen LogP contribution in [0.15, 0.2) is 67.1 Å². The zero-order chi connectivity index (χ0) is 19.6. The van der Waals surface area contributed by atoms with Crippen LogP contribution in [0, 0.1) is 0 Å². The molecule has 1 aliphatic heterocycles. The second-order valence-electron chi connectivity index (χ2n) is 7.37. The second-order valence-corrected chi connectivity index (χ2v) is 7.37. The molecule has 29 heavy (non-hydrogen) atoms. The highest BCUT2D eigenvalue weighted by Crippen LogP contribution is 2.35. The maximum atomic E-state index is 5.31. The molecule has 2 aromatic heterocycles. The van der Waals surface area contributed by atoms with Gasteiger partial charge in [0.25, 0.3) is 5.78 Å². The van der Waals surface area contributed by atoms with Gasteiger partial charge in [-0.3, -0.25) is 0 Å². The van der Waals surface area contributed by atoms with Gasteiger partial charge in [-0.1, -0.05) is 42.5 Å². The van der Waals surface area contributed by atoms with E-state index in [2.05, 4.69) is 62.4 Å². The summed E-state index contributed by atoms with van der Waals surface area (Å²) >= 11 is 0. The molecule has 0 saturated carbocycles. The zero-order valence-electron chi connectivity index (χ0n) is 16.4. The number of ether oxygens (including phenoxy) is 1. The summed E-state index contributed by atoms with van der Waals surface area (Å²) in [5, 5.41) is 4.47. The van der Waals surface area contributed by atoms with E-state index < -0.39 is 0 Å². The molecule has 2 aromatic carbocycles. The number of benzene rings is 2. The van der Waals surface area contributed by atoms with Crippen molar-refractivity contribution in [3.8, 4) is 16.9 Å². The molecule has 0 spiro atoms. The molecule has 3 heterocycles. The molecular weight excluding hydrogens is 362 g/mol. The molecule has 4 aromatic rings. The molecule has 0 unspecified atom stereocenters. The Balaban J connectivity index is 1.49. The first-order chi connectivity index (χ1) is 14.3. The van der Waals surface area contributed by atoms with Gasteiger partial charge < -0.3 is 9.64 Å². The van der Waals surface area contributed by atoms with Crippen LogP contribution < -0.4 is 9.64 Å². The summed E-state index contributed by atoms with van der Waals surface area (Å²) in [6.07, 6.45) is 5.71. The number of fused-ring (bicyclic) bond motifs is 1. The average Bonchev–Trinajstić information content (AvgIpc) is 3.28. The zero-order valence-corrected chi connectivity index (χ0v) is 16.4. The van der Waals surface area contributed by atoms with Crippen LogP contribution in [-0.2, 0) is 0 Å². The van der Waals surface area contributed by atoms with Gasteiger partial charge in [-0.2, -0.15) is 14.6 Å². The monoisotopic (exact) mass is 385 g/mol. The molecule has 5 rings (SSSR count). The lowest BCUT2D eigenvalue weighted by Crippen LogP contribution is -2.34. The van der Waals surface area contributed by atoms with Gasteiger partial charge in [0.15, 0.2) is 0 Å². The highest BCUT2D eigenvalue weighted by Gasteiger charge is 2.25. The van der Waals surface area contributed by atoms with E-state index in [0.29, 0.717) is 11.7 Å². The quantitative estimate of drug-likeness (QED) is 0.527. The molecule has 146 valence electrons. The molecule has 0 amide bonds. The van der Waals surface area contributed by atoms with Gasteiger partial charge in [-0.15, -0.1) is 0 Å². The van der Waals surface area contributed by atoms with Crippen molar-refractivity contribution in [2.75, 3.05) is 25.1 Å². The average molecular weight is 385 g/mol. The van der Waals surface area contributed by atoms with Gasteiger partial charge in [0, 0.05) is 24.8 Å². The van der Waals surface area contributed by atoms with Crippen molar-refractivity contribution in [3.63, 3.8) is 0 Å². The smallest absolute Gasteiger partial charge is 0.254 e. The Morgan fingerprint density at radius 1 is 0.931 bits per heavy atom. The third kappa shape index (κ3) is 3.31. The van der Waals surface area contributed by atoms with Crippen molar-refractivity contribution < 1.29 is 4.74 Å². The topological polar surface area (TPSA) is 55.6 Å². The van der Waals surface area contributed by atoms with Crippen LogP contribution in [0.5, 0.6) is 5.75 Å². The Bertz CT molecular complexity index is 1100. The van der Waals surface area contributed by atoms with E-state index in [4.69, 9.17) is 4.74 Å². The molecule has 0 atom stereocenters. The normalized spacial score (nSPS) is 15.0. The second kappa shape index (κ2) is 7.54. The number of hydrogen-bond donors (Lipinski definition) is 0. The van der Waals surface area contributed by atoms with E-state index in [1.54, 1.807) is 13.4 Å². The van der Waals surface area contributed by atoms with Crippen molar-refractivity contribution >= 4 is 11.6 Å². The number of piperidine rings is 1. The van der Waals surface area contributed by atoms with Crippen molar-refractivity contribution in [3.05, 3.63) is 72.7 Å². The van der Waals surface area contributed by atoms with Crippen LogP contribution in [0.3, 0.4) is 0 Å². The number of hydrogen-bond acceptors (Lipinski definition) is 5. The van der Waals surface area contributed by atoms with E-state index in [1.165, 1.54) is 5.56 Å². The standard InChI is InChI=1S/C23H23N5O/c1-29-20-9-7-19(8-10-20)21-15-24-23-25-16-26-28(23)22(21)27-13-11-18(12-14-27)17-5-3-2-4-6-17/h2-10,15-16,18H,11-14H2,1H3. The Hall–Kier alpha value is -3.41. The van der Waals surface area contributed by atoms with E-state index >= 15 is 0 Å². The van der Waals surface area contributed by atoms with Crippen LogP contribution >= 0.6 is 0 Å². The molecule has 0 bridgehead atoms. The Morgan fingerprint density at radius 3 is 2.41 bits per heavy atom. The fourth-order valence-electron chi connectivity index (χ4n) is 4.20. The highest BCUT2D eigenvalue weighted by atomic mass is 16.5. The largest absolute Gasteiger partial charge is 0.497 e. The Morgan fingerprint density at radius 2 is 1.69 bits per heavy atom. The van der Waals surface area contributed by atoms with Crippen LogP contribution in [0.2, 0.25) is 0 Å². The fraction of sp³-hybridized carbons (Fsp3) is 0.261. The summed E-state index contributed by atoms with van der Waals surface area (Å²) in [7, 11) is 1.68. The third-order valence-corrected chi connectivity index (χ3v) is 5.75. The predicted molar refractivity (Wildman–Crippen MR) is 113 cm³/mol. The minimum atomic E-state index is 0.602. The summed E-state index contributed by atoms with van der Waals surface area (Å²) in [5.41, 5.74) is 3.59. The van der Waals surface area contributed by atoms with Gasteiger partial charge in [-0.05, 0) is 42.0 Å². The first-order valence-corrected chi connectivity index (χ1v) is 9.96. The minimum absolute atomic E-state index is 0.602. The van der Waals surface area contributed by atoms with E-state index in [9.17, 15) is 0 Å². The molecule has 6 nitrogen and oxygen atoms in total. The summed E-state index contributed by atoms with van der Waals surface area (Å²) in [6, 6.07) is 18.9. The summed E-state index contributed by atoms with van der Waals surface area (Å²) < 4.78 is 7.17. The molecule has 1 aliphatic rings. The molecule has 0 aliphatic carbocycles. The molecule has 0 N–H and O–H groups in total. The van der Waals surface area contributed by atoms with Gasteiger partial charge in [-0.25, -0.2) is 4.98 Å². The minimum Gasteiger partial charge on any atom is -0.497 e. The molecular formula is C23H23N5O. The first-order valence-electron chi connectivity index (χ1n) is 9.96. The first kappa shape index (κ1) is 17.7. The van der Waals surface area contributed by atoms with Crippen molar-refractivity contribution in [1.29, 1.82) is 0 Å².